The minimum Gasteiger partial charge on any atom is -0.296 e. The van der Waals surface area contributed by atoms with Gasteiger partial charge in [0.25, 0.3) is 5.91 Å². The molecule has 0 saturated heterocycles. The molecule has 0 saturated carbocycles. The maximum Gasteiger partial charge on any atom is 0.276 e. The molecule has 0 bridgehead atoms. The molecule has 1 aliphatic heterocycles. The second kappa shape index (κ2) is 6.99. The number of hydrogen-bond donors (Lipinski definition) is 1. The molecular weight excluding hydrogens is 354 g/mol. The van der Waals surface area contributed by atoms with Crippen molar-refractivity contribution in [2.24, 2.45) is 0 Å². The molecule has 1 N–H and O–H groups in total. The molecule has 3 aromatic rings. The fraction of sp³-hybridized carbons (Fsp3) is 0.294. The van der Waals surface area contributed by atoms with Gasteiger partial charge in [0.05, 0.1) is 16.4 Å². The van der Waals surface area contributed by atoms with Crippen LogP contribution in [-0.2, 0) is 19.5 Å². The number of anilines is 1. The molecule has 3 aromatic heterocycles. The number of aryl methyl sites for hydroxylation is 1. The van der Waals surface area contributed by atoms with Gasteiger partial charge < -0.3 is 0 Å². The molecule has 128 valence electrons. The Morgan fingerprint density at radius 1 is 1.36 bits per heavy atom. The Morgan fingerprint density at radius 2 is 2.28 bits per heavy atom. The molecule has 8 heteroatoms. The van der Waals surface area contributed by atoms with Crippen LogP contribution in [0.3, 0.4) is 0 Å². The van der Waals surface area contributed by atoms with Crippen LogP contribution in [0.5, 0.6) is 0 Å². The highest BCUT2D eigenvalue weighted by molar-refractivity contribution is 7.15. The first-order valence-electron chi connectivity index (χ1n) is 8.02. The van der Waals surface area contributed by atoms with Gasteiger partial charge in [0, 0.05) is 42.5 Å². The second-order valence-electron chi connectivity index (χ2n) is 5.88. The number of fused-ring (bicyclic) bond motifs is 1. The number of pyridine rings is 1. The summed E-state index contributed by atoms with van der Waals surface area (Å²) in [4.78, 5) is 29.0. The van der Waals surface area contributed by atoms with Gasteiger partial charge in [-0.2, -0.15) is 0 Å². The number of rotatable bonds is 4. The summed E-state index contributed by atoms with van der Waals surface area (Å²) in [6.07, 6.45) is 2.51. The molecule has 4 rings (SSSR count). The lowest BCUT2D eigenvalue weighted by atomic mass is 10.2. The van der Waals surface area contributed by atoms with E-state index in [0.29, 0.717) is 10.8 Å². The Balaban J connectivity index is 1.43. The smallest absolute Gasteiger partial charge is 0.276 e. The van der Waals surface area contributed by atoms with Crippen molar-refractivity contribution in [1.82, 2.24) is 19.9 Å². The summed E-state index contributed by atoms with van der Waals surface area (Å²) in [5.41, 5.74) is 2.61. The van der Waals surface area contributed by atoms with E-state index in [-0.39, 0.29) is 5.91 Å². The van der Waals surface area contributed by atoms with Crippen LogP contribution < -0.4 is 5.32 Å². The summed E-state index contributed by atoms with van der Waals surface area (Å²) in [6, 6.07) is 5.28. The maximum atomic E-state index is 12.2. The van der Waals surface area contributed by atoms with E-state index in [4.69, 9.17) is 0 Å². The normalized spacial score (nSPS) is 14.3. The molecule has 25 heavy (non-hydrogen) atoms. The van der Waals surface area contributed by atoms with E-state index in [1.807, 2.05) is 6.92 Å². The highest BCUT2D eigenvalue weighted by Gasteiger charge is 2.22. The van der Waals surface area contributed by atoms with E-state index in [1.54, 1.807) is 47.1 Å². The van der Waals surface area contributed by atoms with Gasteiger partial charge in [-0.05, 0) is 19.1 Å². The van der Waals surface area contributed by atoms with Crippen molar-refractivity contribution in [2.75, 3.05) is 11.9 Å². The fourth-order valence-corrected chi connectivity index (χ4v) is 4.45. The number of aromatic nitrogens is 3. The van der Waals surface area contributed by atoms with Crippen LogP contribution in [0, 0.1) is 6.92 Å². The zero-order valence-corrected chi connectivity index (χ0v) is 15.4. The van der Waals surface area contributed by atoms with Crippen molar-refractivity contribution in [3.05, 3.63) is 56.7 Å². The van der Waals surface area contributed by atoms with Crippen molar-refractivity contribution >= 4 is 33.7 Å². The number of thiazole rings is 2. The molecule has 0 atom stereocenters. The largest absolute Gasteiger partial charge is 0.296 e. The van der Waals surface area contributed by atoms with Crippen molar-refractivity contribution in [2.45, 2.75) is 26.4 Å². The zero-order valence-electron chi connectivity index (χ0n) is 13.7. The van der Waals surface area contributed by atoms with Crippen LogP contribution in [0.2, 0.25) is 0 Å². The van der Waals surface area contributed by atoms with Crippen LogP contribution in [-0.4, -0.2) is 32.3 Å². The minimum absolute atomic E-state index is 0.221. The van der Waals surface area contributed by atoms with E-state index in [1.165, 1.54) is 4.88 Å². The lowest BCUT2D eigenvalue weighted by Gasteiger charge is -2.24. The third-order valence-electron chi connectivity index (χ3n) is 3.98. The van der Waals surface area contributed by atoms with E-state index in [9.17, 15) is 4.79 Å². The Kier molecular flexibility index (Phi) is 4.56. The first-order valence-corrected chi connectivity index (χ1v) is 9.71. The van der Waals surface area contributed by atoms with Crippen LogP contribution in [0.4, 0.5) is 5.13 Å². The second-order valence-corrected chi connectivity index (χ2v) is 8.02. The van der Waals surface area contributed by atoms with E-state index in [2.05, 4.69) is 30.5 Å². The molecular formula is C17H17N5OS2. The lowest BCUT2D eigenvalue weighted by Crippen LogP contribution is -2.29. The third-order valence-corrected chi connectivity index (χ3v) is 5.80. The van der Waals surface area contributed by atoms with Gasteiger partial charge in [0.2, 0.25) is 0 Å². The van der Waals surface area contributed by atoms with Crippen LogP contribution in [0.1, 0.15) is 31.8 Å². The first kappa shape index (κ1) is 16.3. The molecule has 1 amide bonds. The summed E-state index contributed by atoms with van der Waals surface area (Å²) in [7, 11) is 0. The Morgan fingerprint density at radius 3 is 3.04 bits per heavy atom. The summed E-state index contributed by atoms with van der Waals surface area (Å²) in [5.74, 6) is -0.221. The number of nitrogens with zero attached hydrogens (tertiary/aromatic N) is 4. The number of carbonyl (C=O) groups excluding carboxylic acids is 1. The molecule has 0 fully saturated rings. The molecule has 4 heterocycles. The Hall–Kier alpha value is -2.16. The van der Waals surface area contributed by atoms with Gasteiger partial charge >= 0.3 is 0 Å². The van der Waals surface area contributed by atoms with Crippen molar-refractivity contribution in [3.63, 3.8) is 0 Å². The summed E-state index contributed by atoms with van der Waals surface area (Å²) in [6.45, 7) is 4.70. The number of carbonyl (C=O) groups is 1. The quantitative estimate of drug-likeness (QED) is 0.763. The SMILES string of the molecule is Cc1nc(CN2CCc3nc(NC(=O)c4ccccn4)sc3C2)cs1. The topological polar surface area (TPSA) is 71.0 Å². The lowest BCUT2D eigenvalue weighted by molar-refractivity contribution is 0.102. The fourth-order valence-electron chi connectivity index (χ4n) is 2.80. The van der Waals surface area contributed by atoms with Gasteiger partial charge in [-0.1, -0.05) is 6.07 Å². The van der Waals surface area contributed by atoms with E-state index >= 15 is 0 Å². The molecule has 0 aliphatic carbocycles. The van der Waals surface area contributed by atoms with Crippen LogP contribution in [0.15, 0.2) is 29.8 Å². The Labute approximate surface area is 153 Å². The monoisotopic (exact) mass is 371 g/mol. The van der Waals surface area contributed by atoms with Crippen LogP contribution in [0.25, 0.3) is 0 Å². The summed E-state index contributed by atoms with van der Waals surface area (Å²) in [5, 5.41) is 6.73. The van der Waals surface area contributed by atoms with Crippen molar-refractivity contribution < 1.29 is 4.79 Å². The van der Waals surface area contributed by atoms with Crippen LogP contribution >= 0.6 is 22.7 Å². The minimum atomic E-state index is -0.221. The van der Waals surface area contributed by atoms with E-state index in [0.717, 1.165) is 42.5 Å². The predicted molar refractivity (Wildman–Crippen MR) is 99.0 cm³/mol. The van der Waals surface area contributed by atoms with Gasteiger partial charge in [0.1, 0.15) is 5.69 Å². The van der Waals surface area contributed by atoms with Gasteiger partial charge in [-0.25, -0.2) is 9.97 Å². The molecule has 0 unspecified atom stereocenters. The number of nitrogens with one attached hydrogen (secondary N) is 1. The predicted octanol–water partition coefficient (Wildman–Crippen LogP) is 3.11. The molecule has 0 aromatic carbocycles. The molecule has 1 aliphatic rings. The first-order chi connectivity index (χ1) is 12.2. The number of amides is 1. The van der Waals surface area contributed by atoms with E-state index < -0.39 is 0 Å². The summed E-state index contributed by atoms with van der Waals surface area (Å²) >= 11 is 3.23. The highest BCUT2D eigenvalue weighted by Crippen LogP contribution is 2.29. The summed E-state index contributed by atoms with van der Waals surface area (Å²) < 4.78 is 0. The average Bonchev–Trinajstić information content (AvgIpc) is 3.20. The average molecular weight is 371 g/mol. The van der Waals surface area contributed by atoms with Gasteiger partial charge in [-0.3, -0.25) is 20.0 Å². The molecule has 0 spiro atoms. The molecule has 6 nitrogen and oxygen atoms in total. The highest BCUT2D eigenvalue weighted by atomic mass is 32.1. The van der Waals surface area contributed by atoms with Crippen molar-refractivity contribution in [3.8, 4) is 0 Å². The van der Waals surface area contributed by atoms with Gasteiger partial charge in [-0.15, -0.1) is 22.7 Å². The van der Waals surface area contributed by atoms with Gasteiger partial charge in [0.15, 0.2) is 5.13 Å². The zero-order chi connectivity index (χ0) is 17.2. The Bertz CT molecular complexity index is 890. The number of hydrogen-bond acceptors (Lipinski definition) is 7. The third kappa shape index (κ3) is 3.76. The standard InChI is InChI=1S/C17H17N5OS2/c1-11-19-12(10-24-11)8-22-7-5-13-15(9-22)25-17(20-13)21-16(23)14-4-2-3-6-18-14/h2-4,6,10H,5,7-9H2,1H3,(H,20,21,23). The maximum absolute atomic E-state index is 12.2. The molecule has 0 radical (unpaired) electrons. The van der Waals surface area contributed by atoms with Crippen molar-refractivity contribution in [1.29, 1.82) is 0 Å².